The van der Waals surface area contributed by atoms with Crippen LogP contribution in [0.2, 0.25) is 0 Å². The summed E-state index contributed by atoms with van der Waals surface area (Å²) in [5.74, 6) is 0.969. The molecule has 1 aromatic rings. The number of hydrogen-bond acceptors (Lipinski definition) is 3. The SMILES string of the molecule is CCc1ncc2n1CC(C(=O)OC)CC2. The number of aryl methyl sites for hydroxylation is 2. The third-order valence-corrected chi connectivity index (χ3v) is 3.02. The first-order chi connectivity index (χ1) is 7.26. The summed E-state index contributed by atoms with van der Waals surface area (Å²) in [7, 11) is 1.45. The quantitative estimate of drug-likeness (QED) is 0.685. The Kier molecular flexibility index (Phi) is 2.75. The number of imidazole rings is 1. The van der Waals surface area contributed by atoms with Crippen molar-refractivity contribution in [1.29, 1.82) is 0 Å². The number of rotatable bonds is 2. The lowest BCUT2D eigenvalue weighted by Crippen LogP contribution is -2.28. The molecule has 0 spiro atoms. The van der Waals surface area contributed by atoms with Crippen molar-refractivity contribution in [1.82, 2.24) is 9.55 Å². The van der Waals surface area contributed by atoms with Crippen LogP contribution in [0, 0.1) is 5.92 Å². The van der Waals surface area contributed by atoms with Crippen LogP contribution in [-0.4, -0.2) is 22.6 Å². The van der Waals surface area contributed by atoms with Crippen LogP contribution in [0.4, 0.5) is 0 Å². The van der Waals surface area contributed by atoms with E-state index in [0.717, 1.165) is 31.6 Å². The molecule has 0 amide bonds. The van der Waals surface area contributed by atoms with Crippen molar-refractivity contribution in [3.05, 3.63) is 17.7 Å². The maximum absolute atomic E-state index is 11.4. The van der Waals surface area contributed by atoms with E-state index in [1.807, 2.05) is 6.20 Å². The van der Waals surface area contributed by atoms with Crippen molar-refractivity contribution in [2.75, 3.05) is 7.11 Å². The lowest BCUT2D eigenvalue weighted by Gasteiger charge is -2.23. The summed E-state index contributed by atoms with van der Waals surface area (Å²) < 4.78 is 6.94. The van der Waals surface area contributed by atoms with E-state index in [9.17, 15) is 4.79 Å². The van der Waals surface area contributed by atoms with Gasteiger partial charge in [-0.1, -0.05) is 6.92 Å². The second-order valence-corrected chi connectivity index (χ2v) is 3.89. The molecule has 4 heteroatoms. The first-order valence-corrected chi connectivity index (χ1v) is 5.37. The minimum absolute atomic E-state index is 0.00185. The first kappa shape index (κ1) is 10.2. The Morgan fingerprint density at radius 1 is 1.73 bits per heavy atom. The number of ether oxygens (including phenoxy) is 1. The molecule has 0 aliphatic carbocycles. The Morgan fingerprint density at radius 2 is 2.53 bits per heavy atom. The van der Waals surface area contributed by atoms with Gasteiger partial charge >= 0.3 is 5.97 Å². The fourth-order valence-electron chi connectivity index (χ4n) is 2.15. The Morgan fingerprint density at radius 3 is 3.20 bits per heavy atom. The first-order valence-electron chi connectivity index (χ1n) is 5.37. The molecule has 0 bridgehead atoms. The maximum Gasteiger partial charge on any atom is 0.310 e. The number of esters is 1. The van der Waals surface area contributed by atoms with E-state index in [1.54, 1.807) is 0 Å². The van der Waals surface area contributed by atoms with E-state index < -0.39 is 0 Å². The highest BCUT2D eigenvalue weighted by Gasteiger charge is 2.26. The number of methoxy groups -OCH3 is 1. The molecule has 0 saturated carbocycles. The van der Waals surface area contributed by atoms with E-state index >= 15 is 0 Å². The Bertz CT molecular complexity index is 357. The molecule has 1 unspecified atom stereocenters. The van der Waals surface area contributed by atoms with Crippen molar-refractivity contribution in [3.8, 4) is 0 Å². The second kappa shape index (κ2) is 4.04. The fourth-order valence-corrected chi connectivity index (χ4v) is 2.15. The van der Waals surface area contributed by atoms with Gasteiger partial charge in [0, 0.05) is 24.9 Å². The molecule has 4 nitrogen and oxygen atoms in total. The van der Waals surface area contributed by atoms with Gasteiger partial charge in [0.25, 0.3) is 0 Å². The molecule has 0 aromatic carbocycles. The van der Waals surface area contributed by atoms with Gasteiger partial charge in [-0.2, -0.15) is 0 Å². The molecule has 1 aliphatic rings. The van der Waals surface area contributed by atoms with Crippen LogP contribution in [0.25, 0.3) is 0 Å². The lowest BCUT2D eigenvalue weighted by atomic mass is 9.98. The van der Waals surface area contributed by atoms with Crippen LogP contribution in [0.1, 0.15) is 24.9 Å². The van der Waals surface area contributed by atoms with E-state index in [2.05, 4.69) is 16.5 Å². The zero-order valence-electron chi connectivity index (χ0n) is 9.19. The van der Waals surface area contributed by atoms with E-state index in [-0.39, 0.29) is 11.9 Å². The van der Waals surface area contributed by atoms with Crippen LogP contribution in [-0.2, 0) is 28.9 Å². The van der Waals surface area contributed by atoms with Crippen LogP contribution in [0.15, 0.2) is 6.20 Å². The molecule has 0 radical (unpaired) electrons. The van der Waals surface area contributed by atoms with Crippen LogP contribution in [0.3, 0.4) is 0 Å². The summed E-state index contributed by atoms with van der Waals surface area (Å²) in [6, 6.07) is 0. The molecule has 0 N–H and O–H groups in total. The van der Waals surface area contributed by atoms with Crippen LogP contribution in [0.5, 0.6) is 0 Å². The standard InChI is InChI=1S/C11H16N2O2/c1-3-10-12-6-9-5-4-8(7-13(9)10)11(14)15-2/h6,8H,3-5,7H2,1-2H3. The molecular weight excluding hydrogens is 192 g/mol. The molecule has 0 fully saturated rings. The summed E-state index contributed by atoms with van der Waals surface area (Å²) >= 11 is 0. The number of hydrogen-bond donors (Lipinski definition) is 0. The Labute approximate surface area is 89.3 Å². The summed E-state index contributed by atoms with van der Waals surface area (Å²) in [5, 5.41) is 0. The van der Waals surface area contributed by atoms with Crippen LogP contribution >= 0.6 is 0 Å². The molecule has 1 aromatic heterocycles. The van der Waals surface area contributed by atoms with E-state index in [1.165, 1.54) is 12.8 Å². The second-order valence-electron chi connectivity index (χ2n) is 3.89. The summed E-state index contributed by atoms with van der Waals surface area (Å²) in [6.45, 7) is 2.81. The summed E-state index contributed by atoms with van der Waals surface area (Å²) in [4.78, 5) is 15.8. The number of nitrogens with zero attached hydrogens (tertiary/aromatic N) is 2. The lowest BCUT2D eigenvalue weighted by molar-refractivity contribution is -0.146. The molecule has 15 heavy (non-hydrogen) atoms. The van der Waals surface area contributed by atoms with Gasteiger partial charge in [-0.05, 0) is 12.8 Å². The van der Waals surface area contributed by atoms with Gasteiger partial charge in [0.2, 0.25) is 0 Å². The van der Waals surface area contributed by atoms with Gasteiger partial charge in [-0.25, -0.2) is 4.98 Å². The fraction of sp³-hybridized carbons (Fsp3) is 0.636. The Hall–Kier alpha value is -1.32. The van der Waals surface area contributed by atoms with E-state index in [4.69, 9.17) is 4.74 Å². The zero-order valence-corrected chi connectivity index (χ0v) is 9.19. The highest BCUT2D eigenvalue weighted by atomic mass is 16.5. The molecule has 2 heterocycles. The molecule has 0 saturated heterocycles. The third-order valence-electron chi connectivity index (χ3n) is 3.02. The normalized spacial score (nSPS) is 19.7. The van der Waals surface area contributed by atoms with Gasteiger partial charge in [0.05, 0.1) is 13.0 Å². The average Bonchev–Trinajstić information content (AvgIpc) is 2.69. The van der Waals surface area contributed by atoms with Crippen molar-refractivity contribution in [2.45, 2.75) is 32.7 Å². The monoisotopic (exact) mass is 208 g/mol. The third kappa shape index (κ3) is 1.76. The highest BCUT2D eigenvalue weighted by Crippen LogP contribution is 2.22. The molecule has 1 aliphatic heterocycles. The summed E-state index contributed by atoms with van der Waals surface area (Å²) in [6.07, 6.45) is 4.63. The van der Waals surface area contributed by atoms with Crippen molar-refractivity contribution < 1.29 is 9.53 Å². The molecule has 82 valence electrons. The smallest absolute Gasteiger partial charge is 0.310 e. The van der Waals surface area contributed by atoms with E-state index in [0.29, 0.717) is 0 Å². The maximum atomic E-state index is 11.4. The number of carbonyl (C=O) groups is 1. The van der Waals surface area contributed by atoms with Crippen molar-refractivity contribution in [2.24, 2.45) is 5.92 Å². The van der Waals surface area contributed by atoms with Gasteiger partial charge in [0.1, 0.15) is 5.82 Å². The van der Waals surface area contributed by atoms with Crippen molar-refractivity contribution in [3.63, 3.8) is 0 Å². The summed E-state index contributed by atoms with van der Waals surface area (Å²) in [5.41, 5.74) is 1.24. The van der Waals surface area contributed by atoms with Gasteiger partial charge in [-0.3, -0.25) is 4.79 Å². The minimum Gasteiger partial charge on any atom is -0.469 e. The number of carbonyl (C=O) groups excluding carboxylic acids is 1. The minimum atomic E-state index is -0.101. The topological polar surface area (TPSA) is 44.1 Å². The largest absolute Gasteiger partial charge is 0.469 e. The zero-order chi connectivity index (χ0) is 10.8. The van der Waals surface area contributed by atoms with Gasteiger partial charge in [-0.15, -0.1) is 0 Å². The van der Waals surface area contributed by atoms with Gasteiger partial charge < -0.3 is 9.30 Å². The van der Waals surface area contributed by atoms with Crippen LogP contribution < -0.4 is 0 Å². The molecule has 1 atom stereocenters. The molecular formula is C11H16N2O2. The molecule has 2 rings (SSSR count). The Balaban J connectivity index is 2.20. The van der Waals surface area contributed by atoms with Gasteiger partial charge in [0.15, 0.2) is 0 Å². The number of fused-ring (bicyclic) bond motifs is 1. The predicted octanol–water partition coefficient (Wildman–Crippen LogP) is 1.18. The average molecular weight is 208 g/mol. The van der Waals surface area contributed by atoms with Crippen molar-refractivity contribution >= 4 is 5.97 Å². The predicted molar refractivity (Wildman–Crippen MR) is 55.4 cm³/mol. The highest BCUT2D eigenvalue weighted by molar-refractivity contribution is 5.72. The number of aromatic nitrogens is 2.